The van der Waals surface area contributed by atoms with Crippen LogP contribution in [0.3, 0.4) is 0 Å². The Labute approximate surface area is 64.6 Å². The van der Waals surface area contributed by atoms with Gasteiger partial charge in [-0.05, 0) is 6.07 Å². The van der Waals surface area contributed by atoms with Gasteiger partial charge in [0.2, 0.25) is 0 Å². The lowest BCUT2D eigenvalue weighted by Gasteiger charge is -2.05. The minimum absolute atomic E-state index is 0.389. The first-order valence-corrected chi connectivity index (χ1v) is 3.23. The molecule has 0 fully saturated rings. The molecule has 1 atom stereocenters. The Bertz CT molecular complexity index is 260. The number of nitrogens with two attached hydrogens (primary N) is 1. The molecule has 0 aliphatic heterocycles. The summed E-state index contributed by atoms with van der Waals surface area (Å²) in [7, 11) is 0. The van der Waals surface area contributed by atoms with Crippen molar-refractivity contribution in [1.82, 2.24) is 4.98 Å². The van der Waals surface area contributed by atoms with Crippen LogP contribution in [-0.2, 0) is 0 Å². The minimum Gasteiger partial charge on any atom is -0.321 e. The van der Waals surface area contributed by atoms with Crippen LogP contribution in [0.2, 0.25) is 0 Å². The molecule has 0 spiro atoms. The van der Waals surface area contributed by atoms with Gasteiger partial charge in [-0.1, -0.05) is 6.08 Å². The number of nitrogens with zero attached hydrogens (tertiary/aromatic N) is 1. The maximum absolute atomic E-state index is 12.8. The summed E-state index contributed by atoms with van der Waals surface area (Å²) in [6.45, 7) is 3.47. The quantitative estimate of drug-likeness (QED) is 0.650. The van der Waals surface area contributed by atoms with Crippen LogP contribution in [0.15, 0.2) is 31.1 Å². The van der Waals surface area contributed by atoms with Crippen molar-refractivity contribution in [3.63, 3.8) is 0 Å². The molecule has 0 aromatic carbocycles. The number of halogens is 1. The highest BCUT2D eigenvalue weighted by atomic mass is 19.1. The Hall–Kier alpha value is -1.22. The van der Waals surface area contributed by atoms with E-state index in [0.29, 0.717) is 5.56 Å². The van der Waals surface area contributed by atoms with Crippen molar-refractivity contribution in [1.29, 1.82) is 0 Å². The van der Waals surface area contributed by atoms with Crippen molar-refractivity contribution in [2.75, 3.05) is 0 Å². The summed E-state index contributed by atoms with van der Waals surface area (Å²) in [5.41, 5.74) is 5.94. The lowest BCUT2D eigenvalue weighted by Crippen LogP contribution is -2.08. The van der Waals surface area contributed by atoms with E-state index in [-0.39, 0.29) is 5.82 Å². The molecular formula is C8H9FN2. The summed E-state index contributed by atoms with van der Waals surface area (Å²) in [5.74, 6) is -0.389. The lowest BCUT2D eigenvalue weighted by molar-refractivity contribution is 0.596. The van der Waals surface area contributed by atoms with Crippen LogP contribution in [0.25, 0.3) is 0 Å². The van der Waals surface area contributed by atoms with Crippen molar-refractivity contribution in [3.8, 4) is 0 Å². The number of aromatic nitrogens is 1. The number of hydrogen-bond donors (Lipinski definition) is 1. The molecule has 1 heterocycles. The Morgan fingerprint density at radius 1 is 1.73 bits per heavy atom. The van der Waals surface area contributed by atoms with Crippen molar-refractivity contribution < 1.29 is 4.39 Å². The molecule has 0 aliphatic rings. The average molecular weight is 152 g/mol. The van der Waals surface area contributed by atoms with Crippen LogP contribution in [-0.4, -0.2) is 4.98 Å². The van der Waals surface area contributed by atoms with E-state index in [1.807, 2.05) is 0 Å². The van der Waals surface area contributed by atoms with Crippen LogP contribution in [0.5, 0.6) is 0 Å². The van der Waals surface area contributed by atoms with Crippen LogP contribution >= 0.6 is 0 Å². The standard InChI is InChI=1S/C8H9FN2/c1-2-8(10)6-3-4-11-5-7(6)9/h2-5,8H,1,10H2. The third kappa shape index (κ3) is 1.62. The van der Waals surface area contributed by atoms with Gasteiger partial charge in [0, 0.05) is 11.8 Å². The molecule has 0 saturated heterocycles. The van der Waals surface area contributed by atoms with Gasteiger partial charge in [0.15, 0.2) is 0 Å². The fraction of sp³-hybridized carbons (Fsp3) is 0.125. The summed E-state index contributed by atoms with van der Waals surface area (Å²) in [6, 6.07) is 1.10. The van der Waals surface area contributed by atoms with Gasteiger partial charge < -0.3 is 5.73 Å². The van der Waals surface area contributed by atoms with E-state index in [0.717, 1.165) is 6.20 Å². The third-order valence-corrected chi connectivity index (χ3v) is 1.42. The average Bonchev–Trinajstić information content (AvgIpc) is 2.04. The summed E-state index contributed by atoms with van der Waals surface area (Å²) in [4.78, 5) is 3.60. The molecule has 1 aromatic rings. The maximum atomic E-state index is 12.8. The number of hydrogen-bond acceptors (Lipinski definition) is 2. The molecular weight excluding hydrogens is 143 g/mol. The topological polar surface area (TPSA) is 38.9 Å². The minimum atomic E-state index is -0.446. The summed E-state index contributed by atoms with van der Waals surface area (Å²) < 4.78 is 12.8. The first kappa shape index (κ1) is 7.88. The lowest BCUT2D eigenvalue weighted by atomic mass is 10.1. The van der Waals surface area contributed by atoms with E-state index in [1.54, 1.807) is 6.07 Å². The molecule has 0 bridgehead atoms. The van der Waals surface area contributed by atoms with Crippen molar-refractivity contribution >= 4 is 0 Å². The Morgan fingerprint density at radius 2 is 2.45 bits per heavy atom. The van der Waals surface area contributed by atoms with Gasteiger partial charge in [0.05, 0.1) is 12.2 Å². The van der Waals surface area contributed by atoms with Gasteiger partial charge in [-0.2, -0.15) is 0 Å². The predicted molar refractivity (Wildman–Crippen MR) is 41.3 cm³/mol. The van der Waals surface area contributed by atoms with Crippen molar-refractivity contribution in [2.24, 2.45) is 5.73 Å². The van der Waals surface area contributed by atoms with E-state index in [9.17, 15) is 4.39 Å². The molecule has 58 valence electrons. The molecule has 0 aliphatic carbocycles. The summed E-state index contributed by atoms with van der Waals surface area (Å²) in [6.07, 6.45) is 4.12. The van der Waals surface area contributed by atoms with Gasteiger partial charge in [-0.3, -0.25) is 4.98 Å². The molecule has 1 aromatic heterocycles. The SMILES string of the molecule is C=CC(N)c1ccncc1F. The van der Waals surface area contributed by atoms with Gasteiger partial charge >= 0.3 is 0 Å². The Morgan fingerprint density at radius 3 is 3.00 bits per heavy atom. The maximum Gasteiger partial charge on any atom is 0.146 e. The molecule has 11 heavy (non-hydrogen) atoms. The van der Waals surface area contributed by atoms with Gasteiger partial charge in [0.1, 0.15) is 5.82 Å². The van der Waals surface area contributed by atoms with Gasteiger partial charge in [-0.25, -0.2) is 4.39 Å². The van der Waals surface area contributed by atoms with Crippen LogP contribution < -0.4 is 5.73 Å². The van der Waals surface area contributed by atoms with Crippen LogP contribution in [0.1, 0.15) is 11.6 Å². The molecule has 0 radical (unpaired) electrons. The zero-order valence-corrected chi connectivity index (χ0v) is 6.00. The fourth-order valence-corrected chi connectivity index (χ4v) is 0.783. The monoisotopic (exact) mass is 152 g/mol. The zero-order valence-electron chi connectivity index (χ0n) is 6.00. The van der Waals surface area contributed by atoms with E-state index < -0.39 is 6.04 Å². The Balaban J connectivity index is 3.02. The van der Waals surface area contributed by atoms with Crippen LogP contribution in [0.4, 0.5) is 4.39 Å². The highest BCUT2D eigenvalue weighted by Gasteiger charge is 2.05. The first-order valence-electron chi connectivity index (χ1n) is 3.23. The second-order valence-electron chi connectivity index (χ2n) is 2.16. The second-order valence-corrected chi connectivity index (χ2v) is 2.16. The smallest absolute Gasteiger partial charge is 0.146 e. The molecule has 2 N–H and O–H groups in total. The predicted octanol–water partition coefficient (Wildman–Crippen LogP) is 1.41. The number of pyridine rings is 1. The molecule has 0 saturated carbocycles. The van der Waals surface area contributed by atoms with Crippen molar-refractivity contribution in [3.05, 3.63) is 42.5 Å². The molecule has 1 unspecified atom stereocenters. The zero-order chi connectivity index (χ0) is 8.27. The number of rotatable bonds is 2. The fourth-order valence-electron chi connectivity index (χ4n) is 0.783. The molecule has 1 rings (SSSR count). The largest absolute Gasteiger partial charge is 0.321 e. The van der Waals surface area contributed by atoms with Crippen molar-refractivity contribution in [2.45, 2.75) is 6.04 Å². The van der Waals surface area contributed by atoms with Crippen LogP contribution in [0, 0.1) is 5.82 Å². The molecule has 0 amide bonds. The first-order chi connectivity index (χ1) is 5.25. The van der Waals surface area contributed by atoms with E-state index in [1.165, 1.54) is 12.3 Å². The van der Waals surface area contributed by atoms with Gasteiger partial charge in [-0.15, -0.1) is 6.58 Å². The highest BCUT2D eigenvalue weighted by Crippen LogP contribution is 2.13. The third-order valence-electron chi connectivity index (χ3n) is 1.42. The summed E-state index contributed by atoms with van der Waals surface area (Å²) >= 11 is 0. The summed E-state index contributed by atoms with van der Waals surface area (Å²) in [5, 5.41) is 0. The molecule has 3 heteroatoms. The Kier molecular flexibility index (Phi) is 2.33. The second kappa shape index (κ2) is 3.25. The van der Waals surface area contributed by atoms with E-state index in [2.05, 4.69) is 11.6 Å². The van der Waals surface area contributed by atoms with E-state index >= 15 is 0 Å². The van der Waals surface area contributed by atoms with E-state index in [4.69, 9.17) is 5.73 Å². The highest BCUT2D eigenvalue weighted by molar-refractivity contribution is 5.20. The molecule has 2 nitrogen and oxygen atoms in total. The normalized spacial score (nSPS) is 12.5. The van der Waals surface area contributed by atoms with Gasteiger partial charge in [0.25, 0.3) is 0 Å².